The van der Waals surface area contributed by atoms with Crippen molar-refractivity contribution in [3.05, 3.63) is 0 Å². The van der Waals surface area contributed by atoms with Gasteiger partial charge in [-0.3, -0.25) is 4.79 Å². The molecule has 0 radical (unpaired) electrons. The Kier molecular flexibility index (Phi) is 9.09. The van der Waals surface area contributed by atoms with Crippen molar-refractivity contribution in [2.75, 3.05) is 57.3 Å². The molecule has 0 bridgehead atoms. The van der Waals surface area contributed by atoms with Gasteiger partial charge in [0, 0.05) is 69.8 Å². The minimum Gasteiger partial charge on any atom is -0.339 e. The van der Waals surface area contributed by atoms with E-state index >= 15 is 0 Å². The van der Waals surface area contributed by atoms with Crippen LogP contribution in [-0.4, -0.2) is 90.0 Å². The Balaban J connectivity index is 0.00000264. The molecule has 1 unspecified atom stereocenters. The van der Waals surface area contributed by atoms with Gasteiger partial charge in [-0.1, -0.05) is 0 Å². The predicted molar refractivity (Wildman–Crippen MR) is 97.5 cm³/mol. The lowest BCUT2D eigenvalue weighted by Gasteiger charge is -2.37. The number of thioether (sulfide) groups is 1. The number of piperazine rings is 1. The number of nitrogens with one attached hydrogen (secondary N) is 1. The number of hydrogen-bond acceptors (Lipinski definition) is 4. The molecule has 0 aromatic rings. The van der Waals surface area contributed by atoms with E-state index in [1.54, 1.807) is 0 Å². The molecule has 134 valence electrons. The van der Waals surface area contributed by atoms with Crippen LogP contribution >= 0.6 is 24.2 Å². The largest absolute Gasteiger partial charge is 0.339 e. The lowest BCUT2D eigenvalue weighted by Crippen LogP contribution is -2.54. The van der Waals surface area contributed by atoms with Gasteiger partial charge in [0.05, 0.1) is 0 Å². The maximum absolute atomic E-state index is 12.4. The van der Waals surface area contributed by atoms with Crippen LogP contribution in [0.25, 0.3) is 0 Å². The molecule has 23 heavy (non-hydrogen) atoms. The minimum atomic E-state index is 0. The van der Waals surface area contributed by atoms with E-state index in [1.807, 2.05) is 40.3 Å². The molecule has 0 aromatic heterocycles. The third-order valence-electron chi connectivity index (χ3n) is 4.36. The molecule has 2 fully saturated rings. The third kappa shape index (κ3) is 5.72. The number of carbonyl (C=O) groups is 2. The van der Waals surface area contributed by atoms with Gasteiger partial charge in [0.2, 0.25) is 5.91 Å². The number of rotatable bonds is 4. The van der Waals surface area contributed by atoms with E-state index in [0.717, 1.165) is 31.1 Å². The zero-order chi connectivity index (χ0) is 15.9. The minimum absolute atomic E-state index is 0. The Bertz CT molecular complexity index is 382. The molecule has 1 N–H and O–H groups in total. The van der Waals surface area contributed by atoms with E-state index in [-0.39, 0.29) is 24.3 Å². The second kappa shape index (κ2) is 10.3. The highest BCUT2D eigenvalue weighted by Crippen LogP contribution is 2.13. The monoisotopic (exact) mass is 364 g/mol. The second-order valence-corrected chi connectivity index (χ2v) is 6.90. The van der Waals surface area contributed by atoms with Crippen molar-refractivity contribution < 1.29 is 9.59 Å². The highest BCUT2D eigenvalue weighted by Gasteiger charge is 2.27. The van der Waals surface area contributed by atoms with Gasteiger partial charge < -0.3 is 20.0 Å². The van der Waals surface area contributed by atoms with Crippen molar-refractivity contribution in [1.82, 2.24) is 20.0 Å². The molecule has 2 aliphatic rings. The van der Waals surface area contributed by atoms with Crippen molar-refractivity contribution >= 4 is 36.1 Å². The number of carbonyl (C=O) groups excluding carboxylic acids is 2. The molecule has 8 heteroatoms. The third-order valence-corrected chi connectivity index (χ3v) is 5.49. The first-order valence-corrected chi connectivity index (χ1v) is 9.43. The Morgan fingerprint density at radius 2 is 1.74 bits per heavy atom. The van der Waals surface area contributed by atoms with Gasteiger partial charge in [0.25, 0.3) is 0 Å². The first-order valence-electron chi connectivity index (χ1n) is 8.28. The number of urea groups is 1. The topological polar surface area (TPSA) is 55.9 Å². The Morgan fingerprint density at radius 1 is 1.13 bits per heavy atom. The number of hydrogen-bond donors (Lipinski definition) is 1. The van der Waals surface area contributed by atoms with Crippen LogP contribution in [0.15, 0.2) is 0 Å². The Morgan fingerprint density at radius 3 is 2.26 bits per heavy atom. The molecule has 1 atom stereocenters. The van der Waals surface area contributed by atoms with Crippen molar-refractivity contribution in [3.8, 4) is 0 Å². The average Bonchev–Trinajstić information content (AvgIpc) is 2.57. The number of amides is 3. The summed E-state index contributed by atoms with van der Waals surface area (Å²) in [7, 11) is 0. The van der Waals surface area contributed by atoms with Crippen LogP contribution in [-0.2, 0) is 4.79 Å². The maximum Gasteiger partial charge on any atom is 0.320 e. The molecule has 0 spiro atoms. The van der Waals surface area contributed by atoms with E-state index in [1.165, 1.54) is 0 Å². The van der Waals surface area contributed by atoms with E-state index in [4.69, 9.17) is 0 Å². The summed E-state index contributed by atoms with van der Waals surface area (Å²) in [6.07, 6.45) is 0.580. The van der Waals surface area contributed by atoms with Crippen LogP contribution in [0, 0.1) is 0 Å². The molecular formula is C15H29ClN4O2S. The lowest BCUT2D eigenvalue weighted by molar-refractivity contribution is -0.133. The summed E-state index contributed by atoms with van der Waals surface area (Å²) in [5.41, 5.74) is 0. The Hall–Kier alpha value is -0.660. The molecule has 2 rings (SSSR count). The van der Waals surface area contributed by atoms with Crippen LogP contribution in [0.5, 0.6) is 0 Å². The van der Waals surface area contributed by atoms with Crippen molar-refractivity contribution in [2.24, 2.45) is 0 Å². The Labute approximate surface area is 149 Å². The summed E-state index contributed by atoms with van der Waals surface area (Å²) in [5.74, 6) is 2.37. The fourth-order valence-electron chi connectivity index (χ4n) is 2.93. The van der Waals surface area contributed by atoms with Crippen molar-refractivity contribution in [3.63, 3.8) is 0 Å². The standard InChI is InChI=1S/C15H28N4O2S.ClH/c1-3-17(4-2)15(21)19-8-6-18(7-9-19)14(20)11-13-12-22-10-5-16-13;/h13,16H,3-12H2,1-2H3;1H. The van der Waals surface area contributed by atoms with Gasteiger partial charge in [0.15, 0.2) is 0 Å². The van der Waals surface area contributed by atoms with E-state index in [9.17, 15) is 9.59 Å². The first-order chi connectivity index (χ1) is 10.7. The van der Waals surface area contributed by atoms with Gasteiger partial charge in [-0.2, -0.15) is 11.8 Å². The van der Waals surface area contributed by atoms with Gasteiger partial charge >= 0.3 is 6.03 Å². The molecule has 6 nitrogen and oxygen atoms in total. The highest BCUT2D eigenvalue weighted by atomic mass is 35.5. The predicted octanol–water partition coefficient (Wildman–Crippen LogP) is 1.11. The lowest BCUT2D eigenvalue weighted by atomic mass is 10.2. The normalized spacial score (nSPS) is 21.6. The fourth-order valence-corrected chi connectivity index (χ4v) is 3.88. The van der Waals surface area contributed by atoms with Gasteiger partial charge in [-0.15, -0.1) is 12.4 Å². The van der Waals surface area contributed by atoms with E-state index in [0.29, 0.717) is 38.6 Å². The number of halogens is 1. The summed E-state index contributed by atoms with van der Waals surface area (Å²) in [6, 6.07) is 0.407. The fraction of sp³-hybridized carbons (Fsp3) is 0.867. The molecule has 2 saturated heterocycles. The summed E-state index contributed by atoms with van der Waals surface area (Å²) in [6.45, 7) is 9.07. The summed E-state index contributed by atoms with van der Waals surface area (Å²) in [5, 5.41) is 3.41. The van der Waals surface area contributed by atoms with Crippen molar-refractivity contribution in [1.29, 1.82) is 0 Å². The molecular weight excluding hydrogens is 336 g/mol. The van der Waals surface area contributed by atoms with Crippen molar-refractivity contribution in [2.45, 2.75) is 26.3 Å². The second-order valence-electron chi connectivity index (χ2n) is 5.75. The smallest absolute Gasteiger partial charge is 0.320 e. The average molecular weight is 365 g/mol. The van der Waals surface area contributed by atoms with Gasteiger partial charge in [0.1, 0.15) is 0 Å². The number of nitrogens with zero attached hydrogens (tertiary/aromatic N) is 3. The van der Waals surface area contributed by atoms with Crippen LogP contribution in [0.4, 0.5) is 4.79 Å². The highest BCUT2D eigenvalue weighted by molar-refractivity contribution is 7.99. The van der Waals surface area contributed by atoms with Crippen LogP contribution in [0.1, 0.15) is 20.3 Å². The molecule has 2 heterocycles. The summed E-state index contributed by atoms with van der Waals surface area (Å²) < 4.78 is 0. The molecule has 0 aliphatic carbocycles. The van der Waals surface area contributed by atoms with Crippen LogP contribution in [0.2, 0.25) is 0 Å². The molecule has 0 saturated carbocycles. The van der Waals surface area contributed by atoms with E-state index < -0.39 is 0 Å². The summed E-state index contributed by atoms with van der Waals surface area (Å²) >= 11 is 1.91. The first kappa shape index (κ1) is 20.4. The zero-order valence-corrected chi connectivity index (χ0v) is 15.8. The van der Waals surface area contributed by atoms with Gasteiger partial charge in [-0.25, -0.2) is 4.79 Å². The van der Waals surface area contributed by atoms with Gasteiger partial charge in [-0.05, 0) is 13.8 Å². The summed E-state index contributed by atoms with van der Waals surface area (Å²) in [4.78, 5) is 30.3. The molecule has 0 aromatic carbocycles. The van der Waals surface area contributed by atoms with Crippen LogP contribution in [0.3, 0.4) is 0 Å². The zero-order valence-electron chi connectivity index (χ0n) is 14.1. The molecule has 3 amide bonds. The SMILES string of the molecule is CCN(CC)C(=O)N1CCN(C(=O)CC2CSCCN2)CC1.Cl. The maximum atomic E-state index is 12.4. The van der Waals surface area contributed by atoms with Crippen LogP contribution < -0.4 is 5.32 Å². The van der Waals surface area contributed by atoms with E-state index in [2.05, 4.69) is 5.32 Å². The quantitative estimate of drug-likeness (QED) is 0.812. The molecule has 2 aliphatic heterocycles.